The van der Waals surface area contributed by atoms with Gasteiger partial charge in [-0.05, 0) is 25.0 Å². The lowest BCUT2D eigenvalue weighted by atomic mass is 9.96. The van der Waals surface area contributed by atoms with Gasteiger partial charge in [-0.25, -0.2) is 9.89 Å². The third kappa shape index (κ3) is 2.31. The van der Waals surface area contributed by atoms with Crippen LogP contribution >= 0.6 is 0 Å². The van der Waals surface area contributed by atoms with Crippen LogP contribution < -0.4 is 5.76 Å². The molecule has 1 amide bonds. The monoisotopic (exact) mass is 262 g/mol. The molecule has 0 aromatic carbocycles. The predicted octanol–water partition coefficient (Wildman–Crippen LogP) is 0.711. The molecule has 19 heavy (non-hydrogen) atoms. The molecule has 1 fully saturated rings. The lowest BCUT2D eigenvalue weighted by Crippen LogP contribution is -2.38. The van der Waals surface area contributed by atoms with Crippen molar-refractivity contribution in [1.29, 1.82) is 0 Å². The second-order valence-electron chi connectivity index (χ2n) is 4.60. The predicted molar refractivity (Wildman–Crippen MR) is 65.8 cm³/mol. The summed E-state index contributed by atoms with van der Waals surface area (Å²) in [4.78, 5) is 27.7. The Balaban J connectivity index is 1.63. The summed E-state index contributed by atoms with van der Waals surface area (Å²) in [6, 6.07) is 3.57. The maximum absolute atomic E-state index is 12.1. The van der Waals surface area contributed by atoms with Crippen molar-refractivity contribution in [2.24, 2.45) is 0 Å². The van der Waals surface area contributed by atoms with Crippen LogP contribution in [-0.2, 0) is 0 Å². The molecule has 0 bridgehead atoms. The highest BCUT2D eigenvalue weighted by molar-refractivity contribution is 5.92. The lowest BCUT2D eigenvalue weighted by Gasteiger charge is -2.30. The summed E-state index contributed by atoms with van der Waals surface area (Å²) in [6.45, 7) is 1.28. The van der Waals surface area contributed by atoms with Crippen LogP contribution in [0.15, 0.2) is 27.5 Å². The van der Waals surface area contributed by atoms with E-state index in [9.17, 15) is 9.59 Å². The van der Waals surface area contributed by atoms with Crippen molar-refractivity contribution < 1.29 is 9.21 Å². The Morgan fingerprint density at radius 1 is 1.42 bits per heavy atom. The van der Waals surface area contributed by atoms with Crippen molar-refractivity contribution in [1.82, 2.24) is 20.1 Å². The van der Waals surface area contributed by atoms with Crippen molar-refractivity contribution in [3.63, 3.8) is 0 Å². The minimum atomic E-state index is -0.528. The topological polar surface area (TPSA) is 95.0 Å². The van der Waals surface area contributed by atoms with E-state index in [0.717, 1.165) is 12.8 Å². The average Bonchev–Trinajstić information content (AvgIpc) is 3.09. The maximum atomic E-state index is 12.1. The van der Waals surface area contributed by atoms with Crippen LogP contribution in [0.3, 0.4) is 0 Å². The molecule has 7 nitrogen and oxygen atoms in total. The molecule has 0 spiro atoms. The molecular weight excluding hydrogens is 248 g/mol. The molecule has 100 valence electrons. The van der Waals surface area contributed by atoms with Crippen molar-refractivity contribution in [2.75, 3.05) is 13.1 Å². The lowest BCUT2D eigenvalue weighted by molar-refractivity contribution is 0.0700. The van der Waals surface area contributed by atoms with Gasteiger partial charge in [0.2, 0.25) is 5.89 Å². The zero-order valence-corrected chi connectivity index (χ0v) is 10.3. The van der Waals surface area contributed by atoms with E-state index in [4.69, 9.17) is 4.42 Å². The quantitative estimate of drug-likeness (QED) is 0.833. The van der Waals surface area contributed by atoms with E-state index in [0.29, 0.717) is 24.7 Å². The van der Waals surface area contributed by atoms with Gasteiger partial charge in [-0.3, -0.25) is 4.79 Å². The summed E-state index contributed by atoms with van der Waals surface area (Å²) in [5.41, 5.74) is 0.602. The molecule has 1 aliphatic heterocycles. The van der Waals surface area contributed by atoms with Crippen molar-refractivity contribution in [3.8, 4) is 0 Å². The minimum absolute atomic E-state index is 0.00642. The number of aromatic nitrogens is 3. The van der Waals surface area contributed by atoms with Crippen LogP contribution in [0.5, 0.6) is 0 Å². The number of hydrogen-bond acceptors (Lipinski definition) is 4. The normalized spacial score (nSPS) is 16.7. The Hall–Kier alpha value is -2.31. The van der Waals surface area contributed by atoms with Crippen molar-refractivity contribution >= 4 is 5.91 Å². The fourth-order valence-corrected chi connectivity index (χ4v) is 2.38. The van der Waals surface area contributed by atoms with Crippen molar-refractivity contribution in [2.45, 2.75) is 18.8 Å². The molecule has 0 atom stereocenters. The molecule has 3 heterocycles. The van der Waals surface area contributed by atoms with Gasteiger partial charge >= 0.3 is 5.76 Å². The zero-order valence-electron chi connectivity index (χ0n) is 10.3. The smallest absolute Gasteiger partial charge is 0.392 e. The highest BCUT2D eigenvalue weighted by atomic mass is 16.4. The summed E-state index contributed by atoms with van der Waals surface area (Å²) in [6.07, 6.45) is 3.23. The second kappa shape index (κ2) is 4.75. The Kier molecular flexibility index (Phi) is 2.94. The van der Waals surface area contributed by atoms with Gasteiger partial charge in [0.25, 0.3) is 5.91 Å². The summed E-state index contributed by atoms with van der Waals surface area (Å²) in [5, 5.41) is 6.11. The van der Waals surface area contributed by atoms with E-state index in [-0.39, 0.29) is 11.8 Å². The summed E-state index contributed by atoms with van der Waals surface area (Å²) in [5.74, 6) is 0.0236. The fourth-order valence-electron chi connectivity index (χ4n) is 2.38. The molecule has 2 aromatic heterocycles. The molecule has 0 aliphatic carbocycles. The first-order valence-corrected chi connectivity index (χ1v) is 6.22. The van der Waals surface area contributed by atoms with Gasteiger partial charge in [0.05, 0.1) is 0 Å². The van der Waals surface area contributed by atoms with Gasteiger partial charge in [-0.1, -0.05) is 0 Å². The van der Waals surface area contributed by atoms with E-state index >= 15 is 0 Å². The molecule has 3 rings (SSSR count). The van der Waals surface area contributed by atoms with Gasteiger partial charge in [-0.2, -0.15) is 0 Å². The fraction of sp³-hybridized carbons (Fsp3) is 0.417. The van der Waals surface area contributed by atoms with Crippen LogP contribution in [0, 0.1) is 0 Å². The van der Waals surface area contributed by atoms with E-state index in [1.54, 1.807) is 23.2 Å². The largest absolute Gasteiger partial charge is 0.434 e. The summed E-state index contributed by atoms with van der Waals surface area (Å²) < 4.78 is 4.96. The number of H-pyrrole nitrogens is 2. The first kappa shape index (κ1) is 11.8. The number of piperidine rings is 1. The first-order chi connectivity index (χ1) is 9.24. The van der Waals surface area contributed by atoms with E-state index in [1.807, 2.05) is 0 Å². The average molecular weight is 262 g/mol. The highest BCUT2D eigenvalue weighted by Crippen LogP contribution is 2.26. The third-order valence-electron chi connectivity index (χ3n) is 3.41. The van der Waals surface area contributed by atoms with Crippen LogP contribution in [0.25, 0.3) is 0 Å². The molecular formula is C12H14N4O3. The SMILES string of the molecule is O=C(c1ccc[nH]1)N1CCC(c2n[nH]c(=O)o2)CC1. The standard InChI is InChI=1S/C12H14N4O3/c17-11(9-2-1-5-13-9)16-6-3-8(4-7-16)10-14-15-12(18)19-10/h1-2,5,8,13H,3-4,6-7H2,(H,15,18). The number of nitrogens with zero attached hydrogens (tertiary/aromatic N) is 2. The van der Waals surface area contributed by atoms with Gasteiger partial charge in [0.1, 0.15) is 5.69 Å². The highest BCUT2D eigenvalue weighted by Gasteiger charge is 2.27. The third-order valence-corrected chi connectivity index (χ3v) is 3.41. The minimum Gasteiger partial charge on any atom is -0.392 e. The van der Waals surface area contributed by atoms with Crippen LogP contribution in [0.1, 0.15) is 35.1 Å². The molecule has 7 heteroatoms. The molecule has 1 aliphatic rings. The molecule has 0 unspecified atom stereocenters. The number of nitrogens with one attached hydrogen (secondary N) is 2. The molecule has 0 radical (unpaired) electrons. The van der Waals surface area contributed by atoms with E-state index in [1.165, 1.54) is 0 Å². The van der Waals surface area contributed by atoms with Gasteiger partial charge in [0, 0.05) is 25.2 Å². The van der Waals surface area contributed by atoms with Crippen LogP contribution in [0.4, 0.5) is 0 Å². The molecule has 2 aromatic rings. The Morgan fingerprint density at radius 3 is 2.79 bits per heavy atom. The van der Waals surface area contributed by atoms with Gasteiger partial charge < -0.3 is 14.3 Å². The molecule has 1 saturated heterocycles. The first-order valence-electron chi connectivity index (χ1n) is 6.22. The Labute approximate surface area is 108 Å². The zero-order chi connectivity index (χ0) is 13.2. The van der Waals surface area contributed by atoms with Gasteiger partial charge in [0.15, 0.2) is 0 Å². The number of rotatable bonds is 2. The van der Waals surface area contributed by atoms with Gasteiger partial charge in [-0.15, -0.1) is 5.10 Å². The second-order valence-corrected chi connectivity index (χ2v) is 4.60. The Bertz CT molecular complexity index is 605. The number of carbonyl (C=O) groups is 1. The summed E-state index contributed by atoms with van der Waals surface area (Å²) >= 11 is 0. The molecule has 0 saturated carbocycles. The Morgan fingerprint density at radius 2 is 2.21 bits per heavy atom. The number of amides is 1. The van der Waals surface area contributed by atoms with E-state index in [2.05, 4.69) is 15.2 Å². The summed E-state index contributed by atoms with van der Waals surface area (Å²) in [7, 11) is 0. The number of likely N-dealkylation sites (tertiary alicyclic amines) is 1. The number of aromatic amines is 2. The van der Waals surface area contributed by atoms with Crippen molar-refractivity contribution in [3.05, 3.63) is 40.5 Å². The number of hydrogen-bond donors (Lipinski definition) is 2. The van der Waals surface area contributed by atoms with Crippen LogP contribution in [0.2, 0.25) is 0 Å². The van der Waals surface area contributed by atoms with Crippen LogP contribution in [-0.4, -0.2) is 39.1 Å². The molecule has 2 N–H and O–H groups in total. The van der Waals surface area contributed by atoms with E-state index < -0.39 is 5.76 Å². The number of carbonyl (C=O) groups excluding carboxylic acids is 1. The maximum Gasteiger partial charge on any atom is 0.434 e.